The topological polar surface area (TPSA) is 92.3 Å². The Kier molecular flexibility index (Phi) is 4.86. The largest absolute Gasteiger partial charge is 0.296 e. The molecule has 0 bridgehead atoms. The Morgan fingerprint density at radius 2 is 1.81 bits per heavy atom. The Hall–Kier alpha value is -2.61. The van der Waals surface area contributed by atoms with Crippen LogP contribution in [0.1, 0.15) is 69.7 Å². The van der Waals surface area contributed by atoms with Crippen LogP contribution in [0, 0.1) is 5.92 Å². The van der Waals surface area contributed by atoms with Crippen molar-refractivity contribution < 1.29 is 14.4 Å². The van der Waals surface area contributed by atoms with Crippen molar-refractivity contribution in [2.24, 2.45) is 5.92 Å². The molecular formula is C18H20N4O3S. The molecule has 7 nitrogen and oxygen atoms in total. The second-order valence-corrected chi connectivity index (χ2v) is 7.94. The van der Waals surface area contributed by atoms with Gasteiger partial charge in [-0.1, -0.05) is 39.0 Å². The fourth-order valence-electron chi connectivity index (χ4n) is 2.65. The van der Waals surface area contributed by atoms with E-state index in [1.54, 1.807) is 6.07 Å². The maximum atomic E-state index is 12.5. The van der Waals surface area contributed by atoms with E-state index in [4.69, 9.17) is 0 Å². The van der Waals surface area contributed by atoms with Crippen molar-refractivity contribution in [2.75, 3.05) is 11.9 Å². The number of benzene rings is 1. The number of aromatic nitrogens is 2. The van der Waals surface area contributed by atoms with Crippen molar-refractivity contribution in [3.05, 3.63) is 39.9 Å². The van der Waals surface area contributed by atoms with Gasteiger partial charge in [-0.25, -0.2) is 0 Å². The third-order valence-corrected chi connectivity index (χ3v) is 5.07. The number of nitrogens with zero attached hydrogens (tertiary/aromatic N) is 3. The molecule has 0 saturated heterocycles. The number of fused-ring (bicyclic) bond motifs is 1. The predicted octanol–water partition coefficient (Wildman–Crippen LogP) is 3.17. The summed E-state index contributed by atoms with van der Waals surface area (Å²) < 4.78 is 0. The lowest BCUT2D eigenvalue weighted by atomic mass is 10.1. The summed E-state index contributed by atoms with van der Waals surface area (Å²) >= 11 is 1.31. The Balaban J connectivity index is 1.81. The van der Waals surface area contributed by atoms with Crippen LogP contribution in [0.2, 0.25) is 0 Å². The minimum Gasteiger partial charge on any atom is -0.296 e. The quantitative estimate of drug-likeness (QED) is 0.814. The molecule has 26 heavy (non-hydrogen) atoms. The zero-order valence-electron chi connectivity index (χ0n) is 15.1. The van der Waals surface area contributed by atoms with Gasteiger partial charge < -0.3 is 0 Å². The van der Waals surface area contributed by atoms with E-state index in [0.29, 0.717) is 22.8 Å². The second-order valence-electron chi connectivity index (χ2n) is 6.93. The van der Waals surface area contributed by atoms with Crippen molar-refractivity contribution in [2.45, 2.75) is 33.6 Å². The second kappa shape index (κ2) is 6.95. The summed E-state index contributed by atoms with van der Waals surface area (Å²) in [5.74, 6) is -0.647. The van der Waals surface area contributed by atoms with Gasteiger partial charge in [0.15, 0.2) is 0 Å². The van der Waals surface area contributed by atoms with Gasteiger partial charge in [0.1, 0.15) is 5.01 Å². The van der Waals surface area contributed by atoms with Crippen LogP contribution in [0.15, 0.2) is 18.2 Å². The smallest absolute Gasteiger partial charge is 0.261 e. The minimum absolute atomic E-state index is 0.174. The lowest BCUT2D eigenvalue weighted by Crippen LogP contribution is -2.33. The number of rotatable bonds is 5. The lowest BCUT2D eigenvalue weighted by molar-refractivity contribution is 0.0636. The summed E-state index contributed by atoms with van der Waals surface area (Å²) in [6.45, 7) is 8.23. The molecule has 0 radical (unpaired) electrons. The fraction of sp³-hybridized carbons (Fsp3) is 0.389. The van der Waals surface area contributed by atoms with Crippen LogP contribution in [0.5, 0.6) is 0 Å². The molecule has 136 valence electrons. The maximum absolute atomic E-state index is 12.5. The number of imide groups is 1. The number of anilines is 1. The molecule has 0 atom stereocenters. The van der Waals surface area contributed by atoms with Crippen molar-refractivity contribution in [1.29, 1.82) is 0 Å². The van der Waals surface area contributed by atoms with Crippen molar-refractivity contribution in [1.82, 2.24) is 15.1 Å². The molecule has 1 aliphatic rings. The molecule has 3 rings (SSSR count). The van der Waals surface area contributed by atoms with Crippen molar-refractivity contribution in [3.63, 3.8) is 0 Å². The first-order chi connectivity index (χ1) is 12.3. The van der Waals surface area contributed by atoms with Gasteiger partial charge in [-0.15, -0.1) is 10.2 Å². The van der Waals surface area contributed by atoms with Gasteiger partial charge in [0.25, 0.3) is 17.7 Å². The summed E-state index contributed by atoms with van der Waals surface area (Å²) in [7, 11) is 0. The monoisotopic (exact) mass is 372 g/mol. The Bertz CT molecular complexity index is 888. The molecule has 1 aromatic heterocycles. The molecule has 2 aromatic rings. The standard InChI is InChI=1S/C18H20N4O3S/c1-9(2)8-22-16(24)12-6-5-11(7-13(12)17(22)25)14(23)19-18-21-20-15(26-18)10(3)4/h5-7,9-10H,8H2,1-4H3,(H,19,21,23). The number of hydrogen-bond acceptors (Lipinski definition) is 6. The Morgan fingerprint density at radius 3 is 2.42 bits per heavy atom. The first-order valence-corrected chi connectivity index (χ1v) is 9.24. The van der Waals surface area contributed by atoms with Crippen LogP contribution >= 0.6 is 11.3 Å². The highest BCUT2D eigenvalue weighted by molar-refractivity contribution is 7.15. The minimum atomic E-state index is -0.387. The average Bonchev–Trinajstić information content (AvgIpc) is 3.14. The molecule has 0 fully saturated rings. The van der Waals surface area contributed by atoms with Crippen LogP contribution < -0.4 is 5.32 Å². The molecule has 8 heteroatoms. The van der Waals surface area contributed by atoms with E-state index in [-0.39, 0.29) is 35.1 Å². The first-order valence-electron chi connectivity index (χ1n) is 8.43. The van der Waals surface area contributed by atoms with E-state index >= 15 is 0 Å². The number of amides is 3. The third kappa shape index (κ3) is 3.37. The Labute approximate surface area is 155 Å². The van der Waals surface area contributed by atoms with E-state index in [9.17, 15) is 14.4 Å². The highest BCUT2D eigenvalue weighted by Gasteiger charge is 2.36. The Morgan fingerprint density at radius 1 is 1.12 bits per heavy atom. The van der Waals surface area contributed by atoms with Crippen LogP contribution in [-0.2, 0) is 0 Å². The number of carbonyl (C=O) groups excluding carboxylic acids is 3. The van der Waals surface area contributed by atoms with Gasteiger partial charge in [-0.3, -0.25) is 24.6 Å². The van der Waals surface area contributed by atoms with Gasteiger partial charge in [-0.2, -0.15) is 0 Å². The fourth-order valence-corrected chi connectivity index (χ4v) is 3.39. The predicted molar refractivity (Wildman–Crippen MR) is 98.6 cm³/mol. The van der Waals surface area contributed by atoms with E-state index in [2.05, 4.69) is 15.5 Å². The number of carbonyl (C=O) groups is 3. The summed E-state index contributed by atoms with van der Waals surface area (Å²) in [4.78, 5) is 38.6. The molecule has 0 spiro atoms. The molecule has 0 unspecified atom stereocenters. The first kappa shape index (κ1) is 18.2. The molecule has 2 heterocycles. The van der Waals surface area contributed by atoms with Gasteiger partial charge in [-0.05, 0) is 24.1 Å². The van der Waals surface area contributed by atoms with Gasteiger partial charge in [0, 0.05) is 18.0 Å². The van der Waals surface area contributed by atoms with Crippen LogP contribution in [0.4, 0.5) is 5.13 Å². The SMILES string of the molecule is CC(C)CN1C(=O)c2ccc(C(=O)Nc3nnc(C(C)C)s3)cc2C1=O. The average molecular weight is 372 g/mol. The molecule has 1 aliphatic heterocycles. The zero-order valence-corrected chi connectivity index (χ0v) is 15.9. The van der Waals surface area contributed by atoms with E-state index in [1.807, 2.05) is 27.7 Å². The van der Waals surface area contributed by atoms with E-state index < -0.39 is 0 Å². The van der Waals surface area contributed by atoms with E-state index in [1.165, 1.54) is 28.4 Å². The summed E-state index contributed by atoms with van der Waals surface area (Å²) in [5, 5.41) is 11.9. The molecule has 0 saturated carbocycles. The highest BCUT2D eigenvalue weighted by Crippen LogP contribution is 2.26. The number of hydrogen-bond donors (Lipinski definition) is 1. The molecule has 1 N–H and O–H groups in total. The molecular weight excluding hydrogens is 352 g/mol. The van der Waals surface area contributed by atoms with Crippen LogP contribution in [0.25, 0.3) is 0 Å². The van der Waals surface area contributed by atoms with E-state index in [0.717, 1.165) is 5.01 Å². The maximum Gasteiger partial charge on any atom is 0.261 e. The summed E-state index contributed by atoms with van der Waals surface area (Å²) in [6.07, 6.45) is 0. The molecule has 1 aromatic carbocycles. The third-order valence-electron chi connectivity index (χ3n) is 3.94. The van der Waals surface area contributed by atoms with Crippen molar-refractivity contribution in [3.8, 4) is 0 Å². The molecule has 0 aliphatic carbocycles. The lowest BCUT2D eigenvalue weighted by Gasteiger charge is -2.15. The van der Waals surface area contributed by atoms with Crippen LogP contribution in [-0.4, -0.2) is 39.4 Å². The molecule has 3 amide bonds. The summed E-state index contributed by atoms with van der Waals surface area (Å²) in [6, 6.07) is 4.54. The van der Waals surface area contributed by atoms with Crippen LogP contribution in [0.3, 0.4) is 0 Å². The normalized spacial score (nSPS) is 13.7. The van der Waals surface area contributed by atoms with Gasteiger partial charge in [0.2, 0.25) is 5.13 Å². The van der Waals surface area contributed by atoms with Crippen molar-refractivity contribution >= 4 is 34.2 Å². The van der Waals surface area contributed by atoms with Gasteiger partial charge >= 0.3 is 0 Å². The van der Waals surface area contributed by atoms with Gasteiger partial charge in [0.05, 0.1) is 11.1 Å². The highest BCUT2D eigenvalue weighted by atomic mass is 32.1. The number of nitrogens with one attached hydrogen (secondary N) is 1. The zero-order chi connectivity index (χ0) is 19.0. The summed E-state index contributed by atoms with van der Waals surface area (Å²) in [5.41, 5.74) is 0.909.